The predicted octanol–water partition coefficient (Wildman–Crippen LogP) is 1.97. The van der Waals surface area contributed by atoms with Gasteiger partial charge in [-0.15, -0.1) is 5.10 Å². The van der Waals surface area contributed by atoms with Crippen LogP contribution in [0.15, 0.2) is 33.9 Å². The van der Waals surface area contributed by atoms with Gasteiger partial charge < -0.3 is 14.5 Å². The Morgan fingerprint density at radius 1 is 1.19 bits per heavy atom. The number of sulfone groups is 1. The van der Waals surface area contributed by atoms with Crippen LogP contribution < -0.4 is 10.1 Å². The number of nitrogens with one attached hydrogen (secondary N) is 1. The van der Waals surface area contributed by atoms with Gasteiger partial charge in [0.15, 0.2) is 0 Å². The first kappa shape index (κ1) is 18.4. The van der Waals surface area contributed by atoms with Crippen LogP contribution >= 0.6 is 0 Å². The first-order chi connectivity index (χ1) is 12.5. The molecule has 1 aliphatic carbocycles. The second-order valence-electron chi connectivity index (χ2n) is 6.26. The number of rotatable bonds is 6. The molecule has 1 fully saturated rings. The smallest absolute Gasteiger partial charge is 0.336 e. The summed E-state index contributed by atoms with van der Waals surface area (Å²) in [6, 6.07) is 6.80. The van der Waals surface area contributed by atoms with E-state index in [0.717, 1.165) is 32.1 Å². The average molecular weight is 379 g/mol. The minimum atomic E-state index is -3.99. The second-order valence-corrected chi connectivity index (χ2v) is 8.13. The van der Waals surface area contributed by atoms with Crippen molar-refractivity contribution in [3.63, 3.8) is 0 Å². The van der Waals surface area contributed by atoms with Crippen LogP contribution in [0.3, 0.4) is 0 Å². The minimum Gasteiger partial charge on any atom is -0.497 e. The quantitative estimate of drug-likeness (QED) is 0.816. The maximum atomic E-state index is 12.4. The van der Waals surface area contributed by atoms with Crippen molar-refractivity contribution in [2.75, 3.05) is 12.9 Å². The van der Waals surface area contributed by atoms with Crippen molar-refractivity contribution < 1.29 is 22.4 Å². The molecule has 1 aromatic heterocycles. The Bertz CT molecular complexity index is 855. The molecule has 0 radical (unpaired) electrons. The topological polar surface area (TPSA) is 111 Å². The number of amides is 1. The number of hydrogen-bond acceptors (Lipinski definition) is 7. The molecule has 1 saturated carbocycles. The Morgan fingerprint density at radius 2 is 1.88 bits per heavy atom. The summed E-state index contributed by atoms with van der Waals surface area (Å²) in [4.78, 5) is 12.1. The Hall–Kier alpha value is -2.42. The molecule has 26 heavy (non-hydrogen) atoms. The third kappa shape index (κ3) is 4.40. The largest absolute Gasteiger partial charge is 0.497 e. The van der Waals surface area contributed by atoms with Gasteiger partial charge in [0, 0.05) is 11.6 Å². The fourth-order valence-electron chi connectivity index (χ4n) is 2.94. The molecule has 1 amide bonds. The lowest BCUT2D eigenvalue weighted by Gasteiger charge is -2.22. The molecular formula is C17H21N3O5S. The standard InChI is InChI=1S/C17H21N3O5S/c1-24-14-9-7-12(8-10-14)16-19-20-17(25-16)26(22,23)11-15(21)18-13-5-3-2-4-6-13/h7-10,13H,2-6,11H2,1H3,(H,18,21). The number of ether oxygens (including phenoxy) is 1. The van der Waals surface area contributed by atoms with Crippen LogP contribution in [0, 0.1) is 0 Å². The third-order valence-corrected chi connectivity index (χ3v) is 5.64. The number of aromatic nitrogens is 2. The van der Waals surface area contributed by atoms with E-state index >= 15 is 0 Å². The number of hydrogen-bond donors (Lipinski definition) is 1. The molecule has 0 atom stereocenters. The van der Waals surface area contributed by atoms with Gasteiger partial charge in [-0.05, 0) is 37.1 Å². The molecule has 8 nitrogen and oxygen atoms in total. The van der Waals surface area contributed by atoms with Crippen LogP contribution in [-0.2, 0) is 14.6 Å². The molecule has 0 saturated heterocycles. The Kier molecular flexibility index (Phi) is 5.55. The van der Waals surface area contributed by atoms with E-state index in [2.05, 4.69) is 15.5 Å². The van der Waals surface area contributed by atoms with E-state index < -0.39 is 26.7 Å². The van der Waals surface area contributed by atoms with E-state index in [4.69, 9.17) is 9.15 Å². The summed E-state index contributed by atoms with van der Waals surface area (Å²) in [6.07, 6.45) is 5.02. The summed E-state index contributed by atoms with van der Waals surface area (Å²) in [5, 5.41) is 9.57. The average Bonchev–Trinajstić information content (AvgIpc) is 3.13. The van der Waals surface area contributed by atoms with Crippen molar-refractivity contribution in [1.82, 2.24) is 15.5 Å². The molecule has 140 valence electrons. The van der Waals surface area contributed by atoms with Crippen molar-refractivity contribution in [3.8, 4) is 17.2 Å². The highest BCUT2D eigenvalue weighted by Crippen LogP contribution is 2.23. The normalized spacial score (nSPS) is 15.6. The zero-order chi connectivity index (χ0) is 18.6. The van der Waals surface area contributed by atoms with Gasteiger partial charge in [-0.25, -0.2) is 8.42 Å². The van der Waals surface area contributed by atoms with E-state index in [1.165, 1.54) is 0 Å². The van der Waals surface area contributed by atoms with E-state index in [-0.39, 0.29) is 11.9 Å². The SMILES string of the molecule is COc1ccc(-c2nnc(S(=O)(=O)CC(=O)NC3CCCCC3)o2)cc1. The molecule has 1 aromatic carbocycles. The molecule has 3 rings (SSSR count). The maximum absolute atomic E-state index is 12.4. The Balaban J connectivity index is 1.67. The molecule has 1 aliphatic rings. The molecule has 0 spiro atoms. The molecule has 1 heterocycles. The van der Waals surface area contributed by atoms with Gasteiger partial charge in [0.25, 0.3) is 0 Å². The molecule has 0 bridgehead atoms. The van der Waals surface area contributed by atoms with Gasteiger partial charge in [-0.3, -0.25) is 4.79 Å². The summed E-state index contributed by atoms with van der Waals surface area (Å²) in [5.74, 6) is -0.520. The summed E-state index contributed by atoms with van der Waals surface area (Å²) in [7, 11) is -2.44. The number of methoxy groups -OCH3 is 1. The molecule has 9 heteroatoms. The first-order valence-corrected chi connectivity index (χ1v) is 10.1. The highest BCUT2D eigenvalue weighted by molar-refractivity contribution is 7.91. The van der Waals surface area contributed by atoms with Gasteiger partial charge in [-0.1, -0.05) is 24.4 Å². The molecule has 0 unspecified atom stereocenters. The zero-order valence-electron chi connectivity index (χ0n) is 14.5. The summed E-state index contributed by atoms with van der Waals surface area (Å²) >= 11 is 0. The predicted molar refractivity (Wildman–Crippen MR) is 93.4 cm³/mol. The maximum Gasteiger partial charge on any atom is 0.336 e. The second kappa shape index (κ2) is 7.86. The van der Waals surface area contributed by atoms with Crippen molar-refractivity contribution in [2.45, 2.75) is 43.4 Å². The van der Waals surface area contributed by atoms with Crippen LogP contribution in [-0.4, -0.2) is 43.4 Å². The van der Waals surface area contributed by atoms with E-state index in [0.29, 0.717) is 11.3 Å². The van der Waals surface area contributed by atoms with Crippen LogP contribution in [0.1, 0.15) is 32.1 Å². The fraction of sp³-hybridized carbons (Fsp3) is 0.471. The highest BCUT2D eigenvalue weighted by atomic mass is 32.2. The van der Waals surface area contributed by atoms with Crippen molar-refractivity contribution in [2.24, 2.45) is 0 Å². The number of benzene rings is 1. The molecule has 0 aliphatic heterocycles. The van der Waals surface area contributed by atoms with Gasteiger partial charge in [0.05, 0.1) is 7.11 Å². The van der Waals surface area contributed by atoms with Crippen LogP contribution in [0.25, 0.3) is 11.5 Å². The third-order valence-electron chi connectivity index (χ3n) is 4.30. The van der Waals surface area contributed by atoms with E-state index in [1.807, 2.05) is 0 Å². The lowest BCUT2D eigenvalue weighted by Crippen LogP contribution is -2.39. The van der Waals surface area contributed by atoms with Crippen molar-refractivity contribution in [3.05, 3.63) is 24.3 Å². The molecular weight excluding hydrogens is 358 g/mol. The summed E-state index contributed by atoms with van der Waals surface area (Å²) in [6.45, 7) is 0. The van der Waals surface area contributed by atoms with Crippen LogP contribution in [0.4, 0.5) is 0 Å². The lowest BCUT2D eigenvalue weighted by atomic mass is 9.95. The van der Waals surface area contributed by atoms with E-state index in [9.17, 15) is 13.2 Å². The van der Waals surface area contributed by atoms with Crippen LogP contribution in [0.2, 0.25) is 0 Å². The summed E-state index contributed by atoms with van der Waals surface area (Å²) < 4.78 is 35.0. The molecule has 2 aromatic rings. The van der Waals surface area contributed by atoms with Gasteiger partial charge >= 0.3 is 5.22 Å². The van der Waals surface area contributed by atoms with E-state index in [1.54, 1.807) is 31.4 Å². The first-order valence-electron chi connectivity index (χ1n) is 8.48. The van der Waals surface area contributed by atoms with Gasteiger partial charge in [0.1, 0.15) is 11.5 Å². The Labute approximate surface area is 151 Å². The van der Waals surface area contributed by atoms with Gasteiger partial charge in [-0.2, -0.15) is 0 Å². The fourth-order valence-corrected chi connectivity index (χ4v) is 3.86. The Morgan fingerprint density at radius 3 is 2.54 bits per heavy atom. The highest BCUT2D eigenvalue weighted by Gasteiger charge is 2.27. The molecule has 1 N–H and O–H groups in total. The van der Waals surface area contributed by atoms with Gasteiger partial charge in [0.2, 0.25) is 21.6 Å². The van der Waals surface area contributed by atoms with Crippen molar-refractivity contribution >= 4 is 15.7 Å². The number of carbonyl (C=O) groups excluding carboxylic acids is 1. The van der Waals surface area contributed by atoms with Crippen LogP contribution in [0.5, 0.6) is 5.75 Å². The zero-order valence-corrected chi connectivity index (χ0v) is 15.3. The van der Waals surface area contributed by atoms with Crippen molar-refractivity contribution in [1.29, 1.82) is 0 Å². The lowest BCUT2D eigenvalue weighted by molar-refractivity contribution is -0.119. The monoisotopic (exact) mass is 379 g/mol. The number of carbonyl (C=O) groups is 1. The summed E-state index contributed by atoms with van der Waals surface area (Å²) in [5.41, 5.74) is 0.561. The minimum absolute atomic E-state index is 0.0454. The number of nitrogens with zero attached hydrogens (tertiary/aromatic N) is 2.